The quantitative estimate of drug-likeness (QED) is 0.297. The molecule has 0 aliphatic heterocycles. The van der Waals surface area contributed by atoms with E-state index in [-0.39, 0.29) is 25.4 Å². The molecular weight excluding hydrogens is 520 g/mol. The zero-order chi connectivity index (χ0) is 26.0. The summed E-state index contributed by atoms with van der Waals surface area (Å²) in [5.74, 6) is -0.318. The number of anilines is 1. The van der Waals surface area contributed by atoms with E-state index in [1.54, 1.807) is 43.3 Å². The number of nitrogens with two attached hydrogens (primary N) is 1. The summed E-state index contributed by atoms with van der Waals surface area (Å²) in [6.45, 7) is 5.15. The zero-order valence-electron chi connectivity index (χ0n) is 19.8. The summed E-state index contributed by atoms with van der Waals surface area (Å²) in [6.07, 6.45) is -0.119. The van der Waals surface area contributed by atoms with Gasteiger partial charge in [0.2, 0.25) is 5.91 Å². The van der Waals surface area contributed by atoms with Gasteiger partial charge in [0.05, 0.1) is 50.1 Å². The van der Waals surface area contributed by atoms with E-state index in [2.05, 4.69) is 38.5 Å². The lowest BCUT2D eigenvalue weighted by Gasteiger charge is -2.21. The van der Waals surface area contributed by atoms with E-state index in [9.17, 15) is 14.4 Å². The smallest absolute Gasteiger partial charge is 0.308 e. The summed E-state index contributed by atoms with van der Waals surface area (Å²) in [7, 11) is 2.98. The van der Waals surface area contributed by atoms with Crippen LogP contribution in [0.1, 0.15) is 35.3 Å². The summed E-state index contributed by atoms with van der Waals surface area (Å²) in [4.78, 5) is 37.4. The summed E-state index contributed by atoms with van der Waals surface area (Å²) in [6, 6.07) is 9.22. The van der Waals surface area contributed by atoms with Crippen LogP contribution in [-0.2, 0) is 14.3 Å². The Bertz CT molecular complexity index is 1090. The van der Waals surface area contributed by atoms with E-state index in [0.29, 0.717) is 32.8 Å². The van der Waals surface area contributed by atoms with Crippen molar-refractivity contribution < 1.29 is 28.6 Å². The molecule has 10 nitrogen and oxygen atoms in total. The maximum Gasteiger partial charge on any atom is 0.308 e. The molecule has 0 aliphatic carbocycles. The van der Waals surface area contributed by atoms with Gasteiger partial charge in [0.15, 0.2) is 11.5 Å². The predicted molar refractivity (Wildman–Crippen MR) is 135 cm³/mol. The highest BCUT2D eigenvalue weighted by atomic mass is 79.9. The van der Waals surface area contributed by atoms with E-state index in [0.717, 1.165) is 0 Å². The number of hydrogen-bond donors (Lipinski definition) is 4. The molecule has 0 spiro atoms. The SMILES string of the molecule is C=C(N)Nc1cccc(C(=O)NCC(=O)NC(CC(=O)OCC)c2cc(Br)c(OC)c(OC)c2)c1. The van der Waals surface area contributed by atoms with Crippen molar-refractivity contribution in [1.82, 2.24) is 10.6 Å². The summed E-state index contributed by atoms with van der Waals surface area (Å²) >= 11 is 3.42. The number of ether oxygens (including phenoxy) is 3. The van der Waals surface area contributed by atoms with Crippen LogP contribution >= 0.6 is 15.9 Å². The van der Waals surface area contributed by atoms with Gasteiger partial charge in [0.25, 0.3) is 5.91 Å². The van der Waals surface area contributed by atoms with Gasteiger partial charge in [-0.3, -0.25) is 14.4 Å². The molecule has 0 fully saturated rings. The fourth-order valence-electron chi connectivity index (χ4n) is 3.21. The molecule has 2 aromatic rings. The minimum absolute atomic E-state index is 0.119. The Balaban J connectivity index is 2.14. The first-order chi connectivity index (χ1) is 16.7. The van der Waals surface area contributed by atoms with E-state index in [1.165, 1.54) is 14.2 Å². The number of amides is 2. The van der Waals surface area contributed by atoms with Crippen molar-refractivity contribution >= 4 is 39.4 Å². The van der Waals surface area contributed by atoms with Gasteiger partial charge >= 0.3 is 5.97 Å². The number of carbonyl (C=O) groups is 3. The van der Waals surface area contributed by atoms with Crippen molar-refractivity contribution in [1.29, 1.82) is 0 Å². The summed E-state index contributed by atoms with van der Waals surface area (Å²) in [5, 5.41) is 8.15. The number of halogens is 1. The molecule has 35 heavy (non-hydrogen) atoms. The third-order valence-electron chi connectivity index (χ3n) is 4.71. The normalized spacial score (nSPS) is 11.1. The van der Waals surface area contributed by atoms with E-state index in [4.69, 9.17) is 19.9 Å². The second-order valence-electron chi connectivity index (χ2n) is 7.28. The highest BCUT2D eigenvalue weighted by Gasteiger charge is 2.23. The Hall–Kier alpha value is -3.73. The molecule has 0 saturated heterocycles. The molecule has 0 bridgehead atoms. The maximum atomic E-state index is 12.7. The molecule has 2 aromatic carbocycles. The van der Waals surface area contributed by atoms with Crippen LogP contribution < -0.4 is 31.2 Å². The molecule has 188 valence electrons. The summed E-state index contributed by atoms with van der Waals surface area (Å²) < 4.78 is 16.3. The van der Waals surface area contributed by atoms with Crippen LogP contribution in [0.5, 0.6) is 11.5 Å². The fourth-order valence-corrected chi connectivity index (χ4v) is 3.83. The van der Waals surface area contributed by atoms with Crippen molar-refractivity contribution in [2.75, 3.05) is 32.7 Å². The molecular formula is C24H29BrN4O6. The molecule has 5 N–H and O–H groups in total. The Morgan fingerprint density at radius 2 is 1.89 bits per heavy atom. The minimum Gasteiger partial charge on any atom is -0.493 e. The lowest BCUT2D eigenvalue weighted by molar-refractivity contribution is -0.143. The number of methoxy groups -OCH3 is 2. The highest BCUT2D eigenvalue weighted by Crippen LogP contribution is 2.38. The molecule has 0 aliphatic rings. The molecule has 1 atom stereocenters. The first-order valence-corrected chi connectivity index (χ1v) is 11.4. The van der Waals surface area contributed by atoms with Crippen LogP contribution in [0.15, 0.2) is 53.3 Å². The van der Waals surface area contributed by atoms with E-state index in [1.807, 2.05) is 0 Å². The van der Waals surface area contributed by atoms with E-state index < -0.39 is 23.8 Å². The van der Waals surface area contributed by atoms with Gasteiger partial charge in [-0.1, -0.05) is 12.6 Å². The third kappa shape index (κ3) is 8.21. The average Bonchev–Trinajstić information content (AvgIpc) is 2.81. The van der Waals surface area contributed by atoms with Gasteiger partial charge in [-0.25, -0.2) is 0 Å². The molecule has 11 heteroatoms. The molecule has 0 heterocycles. The van der Waals surface area contributed by atoms with Crippen LogP contribution in [0, 0.1) is 0 Å². The van der Waals surface area contributed by atoms with Crippen molar-refractivity contribution in [2.24, 2.45) is 5.73 Å². The van der Waals surface area contributed by atoms with Crippen LogP contribution in [0.4, 0.5) is 5.69 Å². The molecule has 0 radical (unpaired) electrons. The average molecular weight is 549 g/mol. The van der Waals surface area contributed by atoms with Gasteiger partial charge in [-0.05, 0) is 58.7 Å². The topological polar surface area (TPSA) is 141 Å². The lowest BCUT2D eigenvalue weighted by atomic mass is 10.0. The maximum absolute atomic E-state index is 12.7. The largest absolute Gasteiger partial charge is 0.493 e. The van der Waals surface area contributed by atoms with Gasteiger partial charge in [-0.15, -0.1) is 0 Å². The molecule has 2 amide bonds. The molecule has 2 rings (SSSR count). The Labute approximate surface area is 212 Å². The lowest BCUT2D eigenvalue weighted by Crippen LogP contribution is -2.39. The first kappa shape index (κ1) is 27.5. The summed E-state index contributed by atoms with van der Waals surface area (Å²) in [5.41, 5.74) is 7.03. The Morgan fingerprint density at radius 1 is 1.14 bits per heavy atom. The second kappa shape index (κ2) is 13.2. The minimum atomic E-state index is -0.738. The van der Waals surface area contributed by atoms with Crippen LogP contribution in [0.3, 0.4) is 0 Å². The number of esters is 1. The molecule has 0 aromatic heterocycles. The number of hydrogen-bond acceptors (Lipinski definition) is 8. The monoisotopic (exact) mass is 548 g/mol. The van der Waals surface area contributed by atoms with Gasteiger partial charge < -0.3 is 35.9 Å². The van der Waals surface area contributed by atoms with Crippen LogP contribution in [-0.4, -0.2) is 45.2 Å². The molecule has 0 saturated carbocycles. The van der Waals surface area contributed by atoms with Gasteiger partial charge in [0.1, 0.15) is 0 Å². The third-order valence-corrected chi connectivity index (χ3v) is 5.30. The van der Waals surface area contributed by atoms with Crippen molar-refractivity contribution in [3.63, 3.8) is 0 Å². The zero-order valence-corrected chi connectivity index (χ0v) is 21.4. The standard InChI is InChI=1S/C24H29BrN4O6/c1-5-35-22(31)12-19(16-10-18(25)23(34-4)20(11-16)33-3)29-21(30)13-27-24(32)15-7-6-8-17(9-15)28-14(2)26/h6-11,19,28H,2,5,12-13,26H2,1,3-4H3,(H,27,32)(H,29,30). The molecule has 1 unspecified atom stereocenters. The second-order valence-corrected chi connectivity index (χ2v) is 8.14. The number of nitrogens with one attached hydrogen (secondary N) is 3. The number of carbonyl (C=O) groups excluding carboxylic acids is 3. The number of rotatable bonds is 12. The van der Waals surface area contributed by atoms with Crippen molar-refractivity contribution in [3.05, 3.63) is 64.4 Å². The van der Waals surface area contributed by atoms with Crippen LogP contribution in [0.25, 0.3) is 0 Å². The van der Waals surface area contributed by atoms with Gasteiger partial charge in [-0.2, -0.15) is 0 Å². The van der Waals surface area contributed by atoms with Crippen molar-refractivity contribution in [3.8, 4) is 11.5 Å². The Morgan fingerprint density at radius 3 is 2.51 bits per heavy atom. The highest BCUT2D eigenvalue weighted by molar-refractivity contribution is 9.10. The first-order valence-electron chi connectivity index (χ1n) is 10.6. The number of benzene rings is 2. The fraction of sp³-hybridized carbons (Fsp3) is 0.292. The van der Waals surface area contributed by atoms with Crippen molar-refractivity contribution in [2.45, 2.75) is 19.4 Å². The van der Waals surface area contributed by atoms with E-state index >= 15 is 0 Å². The Kier molecular flexibility index (Phi) is 10.4. The van der Waals surface area contributed by atoms with Crippen LogP contribution in [0.2, 0.25) is 0 Å². The van der Waals surface area contributed by atoms with Gasteiger partial charge in [0, 0.05) is 11.3 Å². The predicted octanol–water partition coefficient (Wildman–Crippen LogP) is 2.85.